The predicted octanol–water partition coefficient (Wildman–Crippen LogP) is 4.30. The van der Waals surface area contributed by atoms with Gasteiger partial charge in [0.15, 0.2) is 0 Å². The minimum absolute atomic E-state index is 0.306. The van der Waals surface area contributed by atoms with Crippen molar-refractivity contribution >= 4 is 11.3 Å². The summed E-state index contributed by atoms with van der Waals surface area (Å²) in [6.07, 6.45) is 0.0730. The Kier molecular flexibility index (Phi) is 6.11. The summed E-state index contributed by atoms with van der Waals surface area (Å²) in [4.78, 5) is 6.71. The van der Waals surface area contributed by atoms with Crippen LogP contribution >= 0.6 is 11.3 Å². The van der Waals surface area contributed by atoms with E-state index >= 15 is 0 Å². The van der Waals surface area contributed by atoms with E-state index in [1.54, 1.807) is 23.6 Å². The molecule has 4 nitrogen and oxygen atoms in total. The lowest BCUT2D eigenvalue weighted by molar-refractivity contribution is 0.122. The van der Waals surface area contributed by atoms with Crippen molar-refractivity contribution in [3.8, 4) is 10.6 Å². The molecule has 26 heavy (non-hydrogen) atoms. The Morgan fingerprint density at radius 2 is 2.04 bits per heavy atom. The molecule has 0 fully saturated rings. The Morgan fingerprint density at radius 3 is 2.81 bits per heavy atom. The van der Waals surface area contributed by atoms with Crippen molar-refractivity contribution < 1.29 is 8.78 Å². The quantitative estimate of drug-likeness (QED) is 0.637. The first kappa shape index (κ1) is 18.7. The van der Waals surface area contributed by atoms with E-state index in [4.69, 9.17) is 0 Å². The molecule has 7 heteroatoms. The van der Waals surface area contributed by atoms with Crippen molar-refractivity contribution in [1.29, 1.82) is 0 Å². The molecule has 1 atom stereocenters. The number of rotatable bonds is 8. The van der Waals surface area contributed by atoms with E-state index in [1.807, 2.05) is 31.2 Å². The lowest BCUT2D eigenvalue weighted by atomic mass is 10.1. The van der Waals surface area contributed by atoms with Gasteiger partial charge in [-0.05, 0) is 44.2 Å². The zero-order chi connectivity index (χ0) is 18.5. The summed E-state index contributed by atoms with van der Waals surface area (Å²) in [7, 11) is 0. The number of nitrogens with zero attached hydrogens (tertiary/aromatic N) is 3. The summed E-state index contributed by atoms with van der Waals surface area (Å²) < 4.78 is 26.1. The molecule has 1 unspecified atom stereocenters. The van der Waals surface area contributed by atoms with Crippen molar-refractivity contribution in [3.63, 3.8) is 0 Å². The Morgan fingerprint density at radius 1 is 1.19 bits per heavy atom. The first-order valence-electron chi connectivity index (χ1n) is 8.56. The summed E-state index contributed by atoms with van der Waals surface area (Å²) in [6, 6.07) is 12.2. The molecule has 0 aliphatic carbocycles. The van der Waals surface area contributed by atoms with Crippen molar-refractivity contribution in [2.24, 2.45) is 0 Å². The van der Waals surface area contributed by atoms with Gasteiger partial charge in [0.1, 0.15) is 12.2 Å². The molecule has 0 amide bonds. The maximum Gasteiger partial charge on any atom is 0.257 e. The number of hydrogen-bond acceptors (Lipinski definition) is 4. The van der Waals surface area contributed by atoms with Gasteiger partial charge >= 0.3 is 0 Å². The third kappa shape index (κ3) is 5.19. The second-order valence-electron chi connectivity index (χ2n) is 6.34. The van der Waals surface area contributed by atoms with Gasteiger partial charge in [0.05, 0.1) is 4.88 Å². The summed E-state index contributed by atoms with van der Waals surface area (Å²) in [6.45, 7) is 4.53. The Balaban J connectivity index is 1.54. The first-order chi connectivity index (χ1) is 12.5. The predicted molar refractivity (Wildman–Crippen MR) is 101 cm³/mol. The summed E-state index contributed by atoms with van der Waals surface area (Å²) in [5.41, 5.74) is 2.85. The number of pyridine rings is 1. The van der Waals surface area contributed by atoms with Crippen molar-refractivity contribution in [2.45, 2.75) is 45.8 Å². The second kappa shape index (κ2) is 8.51. The monoisotopic (exact) mass is 376 g/mol. The topological polar surface area (TPSA) is 42.7 Å². The highest BCUT2D eigenvalue weighted by Gasteiger charge is 2.10. The second-order valence-corrected chi connectivity index (χ2v) is 7.50. The molecule has 3 aromatic rings. The number of alkyl halides is 2. The van der Waals surface area contributed by atoms with Gasteiger partial charge in [-0.1, -0.05) is 6.07 Å². The van der Waals surface area contributed by atoms with Crippen LogP contribution in [-0.2, 0) is 19.5 Å². The van der Waals surface area contributed by atoms with Gasteiger partial charge in [0.2, 0.25) is 0 Å². The van der Waals surface area contributed by atoms with Gasteiger partial charge in [0.25, 0.3) is 6.43 Å². The van der Waals surface area contributed by atoms with Crippen LogP contribution in [0.3, 0.4) is 0 Å². The molecule has 3 heterocycles. The zero-order valence-electron chi connectivity index (χ0n) is 14.8. The molecule has 1 N–H and O–H groups in total. The van der Waals surface area contributed by atoms with Crippen LogP contribution in [0.5, 0.6) is 0 Å². The minimum atomic E-state index is -2.39. The SMILES string of the molecule is Cc1cccc(CC(C)NCc2ccc(-c3ccn(CC(F)F)n3)s2)n1. The average Bonchev–Trinajstić information content (AvgIpc) is 3.21. The molecular weight excluding hydrogens is 354 g/mol. The van der Waals surface area contributed by atoms with E-state index in [0.29, 0.717) is 6.04 Å². The largest absolute Gasteiger partial charge is 0.309 e. The normalized spacial score (nSPS) is 12.7. The summed E-state index contributed by atoms with van der Waals surface area (Å²) in [5, 5.41) is 7.72. The number of nitrogens with one attached hydrogen (secondary N) is 1. The number of hydrogen-bond donors (Lipinski definition) is 1. The van der Waals surface area contributed by atoms with Crippen molar-refractivity contribution in [3.05, 3.63) is 58.9 Å². The maximum atomic E-state index is 12.4. The fourth-order valence-electron chi connectivity index (χ4n) is 2.72. The fraction of sp³-hybridized carbons (Fsp3) is 0.368. The molecule has 0 saturated heterocycles. The standard InChI is InChI=1S/C19H22F2N4S/c1-13-4-3-5-15(23-13)10-14(2)22-11-16-6-7-18(26-16)17-8-9-25(24-17)12-19(20)21/h3-9,14,19,22H,10-12H2,1-2H3. The molecule has 0 aromatic carbocycles. The molecule has 0 radical (unpaired) electrons. The van der Waals surface area contributed by atoms with Crippen LogP contribution in [0.15, 0.2) is 42.6 Å². The van der Waals surface area contributed by atoms with Crippen molar-refractivity contribution in [2.75, 3.05) is 0 Å². The number of aromatic nitrogens is 3. The highest BCUT2D eigenvalue weighted by Crippen LogP contribution is 2.26. The van der Waals surface area contributed by atoms with Crippen molar-refractivity contribution in [1.82, 2.24) is 20.1 Å². The highest BCUT2D eigenvalue weighted by atomic mass is 32.1. The molecule has 3 rings (SSSR count). The van der Waals surface area contributed by atoms with E-state index in [-0.39, 0.29) is 6.54 Å². The molecule has 0 bridgehead atoms. The lowest BCUT2D eigenvalue weighted by Gasteiger charge is -2.12. The summed E-state index contributed by atoms with van der Waals surface area (Å²) >= 11 is 1.63. The molecular formula is C19H22F2N4S. The average molecular weight is 376 g/mol. The Labute approximate surface area is 155 Å². The third-order valence-electron chi connectivity index (χ3n) is 3.97. The van der Waals surface area contributed by atoms with Crippen LogP contribution in [0, 0.1) is 6.92 Å². The van der Waals surface area contributed by atoms with Crippen LogP contribution in [-0.4, -0.2) is 27.2 Å². The van der Waals surface area contributed by atoms with Gasteiger partial charge in [-0.3, -0.25) is 9.67 Å². The maximum absolute atomic E-state index is 12.4. The van der Waals surface area contributed by atoms with Gasteiger partial charge in [-0.2, -0.15) is 5.10 Å². The van der Waals surface area contributed by atoms with Crippen LogP contribution in [0.25, 0.3) is 10.6 Å². The minimum Gasteiger partial charge on any atom is -0.309 e. The Hall–Kier alpha value is -2.12. The van der Waals surface area contributed by atoms with Gasteiger partial charge in [-0.15, -0.1) is 11.3 Å². The highest BCUT2D eigenvalue weighted by molar-refractivity contribution is 7.15. The smallest absolute Gasteiger partial charge is 0.257 e. The van der Waals surface area contributed by atoms with Crippen LogP contribution in [0.1, 0.15) is 23.2 Å². The molecule has 0 aliphatic rings. The molecule has 0 aliphatic heterocycles. The van der Waals surface area contributed by atoms with Gasteiger partial charge in [-0.25, -0.2) is 8.78 Å². The molecule has 0 saturated carbocycles. The number of halogens is 2. The Bertz CT molecular complexity index is 843. The molecule has 3 aromatic heterocycles. The zero-order valence-corrected chi connectivity index (χ0v) is 15.6. The van der Waals surface area contributed by atoms with Crippen LogP contribution in [0.4, 0.5) is 8.78 Å². The molecule has 138 valence electrons. The van der Waals surface area contributed by atoms with Gasteiger partial charge < -0.3 is 5.32 Å². The van der Waals surface area contributed by atoms with E-state index in [1.165, 1.54) is 9.56 Å². The van der Waals surface area contributed by atoms with E-state index in [2.05, 4.69) is 28.4 Å². The lowest BCUT2D eigenvalue weighted by Crippen LogP contribution is -2.27. The summed E-state index contributed by atoms with van der Waals surface area (Å²) in [5.74, 6) is 0. The third-order valence-corrected chi connectivity index (χ3v) is 5.07. The van der Waals surface area contributed by atoms with Gasteiger partial charge in [0, 0.05) is 41.5 Å². The van der Waals surface area contributed by atoms with E-state index < -0.39 is 6.43 Å². The number of aryl methyl sites for hydroxylation is 1. The molecule has 0 spiro atoms. The number of thiophene rings is 1. The van der Waals surface area contributed by atoms with Crippen LogP contribution in [0.2, 0.25) is 0 Å². The van der Waals surface area contributed by atoms with E-state index in [0.717, 1.165) is 34.9 Å². The first-order valence-corrected chi connectivity index (χ1v) is 9.38. The van der Waals surface area contributed by atoms with E-state index in [9.17, 15) is 8.78 Å². The fourth-order valence-corrected chi connectivity index (χ4v) is 3.64. The van der Waals surface area contributed by atoms with Crippen LogP contribution < -0.4 is 5.32 Å².